The normalized spacial score (nSPS) is 19.1. The van der Waals surface area contributed by atoms with Gasteiger partial charge in [-0.1, -0.05) is 26.7 Å². The molecule has 1 unspecified atom stereocenters. The van der Waals surface area contributed by atoms with Crippen molar-refractivity contribution in [2.75, 3.05) is 18.1 Å². The summed E-state index contributed by atoms with van der Waals surface area (Å²) >= 11 is 2.19. The molecule has 0 amide bonds. The number of hydrogen-bond donors (Lipinski definition) is 1. The van der Waals surface area contributed by atoms with Crippen LogP contribution in [0, 0.1) is 5.92 Å². The maximum atomic E-state index is 3.56. The molecular formula is C14H29NS. The average Bonchev–Trinajstić information content (AvgIpc) is 2.80. The molecule has 1 N–H and O–H groups in total. The molecule has 0 aromatic heterocycles. The van der Waals surface area contributed by atoms with Crippen LogP contribution < -0.4 is 5.32 Å². The Morgan fingerprint density at radius 1 is 1.25 bits per heavy atom. The summed E-state index contributed by atoms with van der Waals surface area (Å²) < 4.78 is 0. The maximum Gasteiger partial charge on any atom is 0.00646 e. The van der Waals surface area contributed by atoms with Gasteiger partial charge in [-0.2, -0.15) is 11.8 Å². The Balaban J connectivity index is 1.89. The van der Waals surface area contributed by atoms with E-state index in [-0.39, 0.29) is 0 Å². The highest BCUT2D eigenvalue weighted by Gasteiger charge is 2.14. The van der Waals surface area contributed by atoms with Crippen LogP contribution >= 0.6 is 11.8 Å². The zero-order chi connectivity index (χ0) is 11.6. The van der Waals surface area contributed by atoms with Crippen molar-refractivity contribution in [3.8, 4) is 0 Å². The van der Waals surface area contributed by atoms with Gasteiger partial charge in [0.1, 0.15) is 0 Å². The third kappa shape index (κ3) is 6.15. The zero-order valence-electron chi connectivity index (χ0n) is 11.1. The highest BCUT2D eigenvalue weighted by molar-refractivity contribution is 7.99. The predicted octanol–water partition coefficient (Wildman–Crippen LogP) is 4.08. The lowest BCUT2D eigenvalue weighted by Gasteiger charge is -2.15. The maximum absolute atomic E-state index is 3.56. The molecule has 0 aliphatic heterocycles. The first-order valence-electron chi connectivity index (χ1n) is 7.18. The Labute approximate surface area is 106 Å². The first-order valence-corrected chi connectivity index (χ1v) is 8.33. The van der Waals surface area contributed by atoms with E-state index in [4.69, 9.17) is 0 Å². The van der Waals surface area contributed by atoms with Crippen LogP contribution in [-0.4, -0.2) is 24.1 Å². The first-order chi connectivity index (χ1) is 7.86. The van der Waals surface area contributed by atoms with Crippen LogP contribution in [-0.2, 0) is 0 Å². The Bertz CT molecular complexity index is 155. The Hall–Kier alpha value is 0.310. The fourth-order valence-electron chi connectivity index (χ4n) is 2.60. The van der Waals surface area contributed by atoms with Crippen molar-refractivity contribution in [2.24, 2.45) is 5.92 Å². The van der Waals surface area contributed by atoms with E-state index in [1.54, 1.807) is 0 Å². The van der Waals surface area contributed by atoms with Gasteiger partial charge in [0.15, 0.2) is 0 Å². The summed E-state index contributed by atoms with van der Waals surface area (Å²) in [6.07, 6.45) is 10.0. The minimum Gasteiger partial charge on any atom is -0.314 e. The van der Waals surface area contributed by atoms with Crippen molar-refractivity contribution in [3.63, 3.8) is 0 Å². The second-order valence-corrected chi connectivity index (χ2v) is 6.18. The minimum atomic E-state index is 0.761. The Morgan fingerprint density at radius 2 is 2.00 bits per heavy atom. The van der Waals surface area contributed by atoms with E-state index in [9.17, 15) is 0 Å². The van der Waals surface area contributed by atoms with Gasteiger partial charge < -0.3 is 5.32 Å². The minimum absolute atomic E-state index is 0.761. The molecule has 1 saturated carbocycles. The number of nitrogens with one attached hydrogen (secondary N) is 1. The zero-order valence-corrected chi connectivity index (χ0v) is 12.0. The van der Waals surface area contributed by atoms with Gasteiger partial charge >= 0.3 is 0 Å². The number of hydrogen-bond acceptors (Lipinski definition) is 2. The second-order valence-electron chi connectivity index (χ2n) is 5.03. The predicted molar refractivity (Wildman–Crippen MR) is 76.3 cm³/mol. The molecule has 0 spiro atoms. The lowest BCUT2D eigenvalue weighted by Crippen LogP contribution is -2.28. The molecule has 16 heavy (non-hydrogen) atoms. The van der Waals surface area contributed by atoms with Crippen molar-refractivity contribution in [2.45, 2.75) is 64.8 Å². The van der Waals surface area contributed by atoms with Gasteiger partial charge in [0.2, 0.25) is 0 Å². The first kappa shape index (κ1) is 14.4. The summed E-state index contributed by atoms with van der Waals surface area (Å²) in [4.78, 5) is 0. The summed E-state index contributed by atoms with van der Waals surface area (Å²) in [5.41, 5.74) is 0. The summed E-state index contributed by atoms with van der Waals surface area (Å²) in [5, 5.41) is 3.56. The van der Waals surface area contributed by atoms with Crippen LogP contribution in [0.2, 0.25) is 0 Å². The molecule has 1 atom stereocenters. The molecule has 0 heterocycles. The SMILES string of the molecule is CCNC(CC)CCCSCC1CCCC1. The molecule has 2 heteroatoms. The Morgan fingerprint density at radius 3 is 2.62 bits per heavy atom. The number of rotatable bonds is 9. The molecule has 0 radical (unpaired) electrons. The van der Waals surface area contributed by atoms with Crippen molar-refractivity contribution in [1.29, 1.82) is 0 Å². The van der Waals surface area contributed by atoms with E-state index in [2.05, 4.69) is 30.9 Å². The van der Waals surface area contributed by atoms with Gasteiger partial charge in [-0.25, -0.2) is 0 Å². The van der Waals surface area contributed by atoms with Crippen LogP contribution in [0.4, 0.5) is 0 Å². The van der Waals surface area contributed by atoms with Crippen LogP contribution in [0.5, 0.6) is 0 Å². The van der Waals surface area contributed by atoms with Gasteiger partial charge in [0.05, 0.1) is 0 Å². The highest BCUT2D eigenvalue weighted by atomic mass is 32.2. The smallest absolute Gasteiger partial charge is 0.00646 e. The lowest BCUT2D eigenvalue weighted by molar-refractivity contribution is 0.477. The molecule has 0 aromatic carbocycles. The molecule has 1 aliphatic carbocycles. The molecule has 96 valence electrons. The topological polar surface area (TPSA) is 12.0 Å². The van der Waals surface area contributed by atoms with E-state index in [0.717, 1.165) is 18.5 Å². The van der Waals surface area contributed by atoms with Gasteiger partial charge in [-0.15, -0.1) is 0 Å². The van der Waals surface area contributed by atoms with E-state index in [1.165, 1.54) is 56.5 Å². The van der Waals surface area contributed by atoms with Gasteiger partial charge in [-0.3, -0.25) is 0 Å². The van der Waals surface area contributed by atoms with E-state index >= 15 is 0 Å². The van der Waals surface area contributed by atoms with Gasteiger partial charge in [-0.05, 0) is 56.1 Å². The van der Waals surface area contributed by atoms with E-state index in [1.807, 2.05) is 0 Å². The van der Waals surface area contributed by atoms with E-state index in [0.29, 0.717) is 0 Å². The van der Waals surface area contributed by atoms with Crippen molar-refractivity contribution >= 4 is 11.8 Å². The van der Waals surface area contributed by atoms with Crippen LogP contribution in [0.3, 0.4) is 0 Å². The van der Waals surface area contributed by atoms with Crippen molar-refractivity contribution in [3.05, 3.63) is 0 Å². The third-order valence-corrected chi connectivity index (χ3v) is 4.94. The molecule has 1 rings (SSSR count). The third-order valence-electron chi connectivity index (χ3n) is 3.66. The monoisotopic (exact) mass is 243 g/mol. The van der Waals surface area contributed by atoms with Gasteiger partial charge in [0, 0.05) is 6.04 Å². The molecule has 0 aromatic rings. The summed E-state index contributed by atoms with van der Waals surface area (Å²) in [6, 6.07) is 0.761. The largest absolute Gasteiger partial charge is 0.314 e. The Kier molecular flexibility index (Phi) is 8.40. The summed E-state index contributed by atoms with van der Waals surface area (Å²) in [5.74, 6) is 3.86. The van der Waals surface area contributed by atoms with Gasteiger partial charge in [0.25, 0.3) is 0 Å². The van der Waals surface area contributed by atoms with Crippen LogP contribution in [0.15, 0.2) is 0 Å². The molecule has 1 fully saturated rings. The molecule has 0 saturated heterocycles. The van der Waals surface area contributed by atoms with Crippen LogP contribution in [0.25, 0.3) is 0 Å². The molecule has 0 bridgehead atoms. The summed E-state index contributed by atoms with van der Waals surface area (Å²) in [6.45, 7) is 5.62. The lowest BCUT2D eigenvalue weighted by atomic mass is 10.1. The number of thioether (sulfide) groups is 1. The molecule has 1 aliphatic rings. The fourth-order valence-corrected chi connectivity index (χ4v) is 3.80. The van der Waals surface area contributed by atoms with E-state index < -0.39 is 0 Å². The quantitative estimate of drug-likeness (QED) is 0.612. The highest BCUT2D eigenvalue weighted by Crippen LogP contribution is 2.28. The molecular weight excluding hydrogens is 214 g/mol. The van der Waals surface area contributed by atoms with Crippen LogP contribution in [0.1, 0.15) is 58.8 Å². The average molecular weight is 243 g/mol. The van der Waals surface area contributed by atoms with Crippen molar-refractivity contribution < 1.29 is 0 Å². The van der Waals surface area contributed by atoms with Crippen molar-refractivity contribution in [1.82, 2.24) is 5.32 Å². The summed E-state index contributed by atoms with van der Waals surface area (Å²) in [7, 11) is 0. The second kappa shape index (κ2) is 9.35. The standard InChI is InChI=1S/C14H29NS/c1-3-14(15-4-2)10-7-11-16-12-13-8-5-6-9-13/h13-15H,3-12H2,1-2H3. The fraction of sp³-hybridized carbons (Fsp3) is 1.00. The molecule has 1 nitrogen and oxygen atoms in total.